The van der Waals surface area contributed by atoms with Crippen LogP contribution in [0.2, 0.25) is 0 Å². The maximum Gasteiger partial charge on any atom is 0.231 e. The van der Waals surface area contributed by atoms with Crippen LogP contribution in [-0.2, 0) is 6.42 Å². The first-order valence-electron chi connectivity index (χ1n) is 4.36. The molecule has 0 atom stereocenters. The number of halogens is 1. The number of hydrogen-bond acceptors (Lipinski definition) is 4. The van der Waals surface area contributed by atoms with Gasteiger partial charge in [-0.1, -0.05) is 15.9 Å². The molecule has 0 spiro atoms. The second-order valence-electron chi connectivity index (χ2n) is 3.10. The predicted octanol–water partition coefficient (Wildman–Crippen LogP) is 2.00. The van der Waals surface area contributed by atoms with Crippen molar-refractivity contribution in [3.63, 3.8) is 0 Å². The lowest BCUT2D eigenvalue weighted by molar-refractivity contribution is -0.479. The van der Waals surface area contributed by atoms with E-state index in [4.69, 9.17) is 9.47 Å². The molecule has 0 fully saturated rings. The second-order valence-corrected chi connectivity index (χ2v) is 3.96. The maximum absolute atomic E-state index is 10.3. The molecular formula is C9H8BrNO4. The molecule has 0 saturated heterocycles. The van der Waals surface area contributed by atoms with E-state index < -0.39 is 0 Å². The smallest absolute Gasteiger partial charge is 0.231 e. The molecule has 1 aliphatic heterocycles. The summed E-state index contributed by atoms with van der Waals surface area (Å²) in [6.07, 6.45) is 0.379. The van der Waals surface area contributed by atoms with Crippen LogP contribution in [0.1, 0.15) is 5.56 Å². The number of nitro groups is 1. The third-order valence-electron chi connectivity index (χ3n) is 2.11. The van der Waals surface area contributed by atoms with E-state index in [2.05, 4.69) is 15.9 Å². The van der Waals surface area contributed by atoms with Crippen molar-refractivity contribution in [2.75, 3.05) is 13.3 Å². The highest BCUT2D eigenvalue weighted by atomic mass is 79.9. The third kappa shape index (κ3) is 2.20. The lowest BCUT2D eigenvalue weighted by Gasteiger charge is -2.03. The van der Waals surface area contributed by atoms with Gasteiger partial charge < -0.3 is 9.47 Å². The van der Waals surface area contributed by atoms with Gasteiger partial charge in [0.25, 0.3) is 0 Å². The van der Waals surface area contributed by atoms with Crippen molar-refractivity contribution in [1.29, 1.82) is 0 Å². The Morgan fingerprint density at radius 2 is 2.07 bits per heavy atom. The van der Waals surface area contributed by atoms with Gasteiger partial charge >= 0.3 is 0 Å². The summed E-state index contributed by atoms with van der Waals surface area (Å²) in [5.74, 6) is 1.32. The quantitative estimate of drug-likeness (QED) is 0.624. The molecule has 0 bridgehead atoms. The van der Waals surface area contributed by atoms with Gasteiger partial charge in [0, 0.05) is 15.8 Å². The molecule has 5 nitrogen and oxygen atoms in total. The Kier molecular flexibility index (Phi) is 2.77. The SMILES string of the molecule is O=[N+]([O-])CCc1cc2c(cc1Br)OCO2. The Labute approximate surface area is 94.3 Å². The summed E-state index contributed by atoms with van der Waals surface area (Å²) in [6, 6.07) is 3.55. The summed E-state index contributed by atoms with van der Waals surface area (Å²) in [5, 5.41) is 10.3. The minimum atomic E-state index is -0.336. The van der Waals surface area contributed by atoms with Crippen molar-refractivity contribution in [1.82, 2.24) is 0 Å². The monoisotopic (exact) mass is 273 g/mol. The summed E-state index contributed by atoms with van der Waals surface area (Å²) < 4.78 is 11.2. The van der Waals surface area contributed by atoms with E-state index in [0.717, 1.165) is 10.0 Å². The van der Waals surface area contributed by atoms with Crippen LogP contribution < -0.4 is 9.47 Å². The summed E-state index contributed by atoms with van der Waals surface area (Å²) in [5.41, 5.74) is 0.857. The zero-order chi connectivity index (χ0) is 10.8. The van der Waals surface area contributed by atoms with Gasteiger partial charge in [-0.3, -0.25) is 10.1 Å². The van der Waals surface area contributed by atoms with Crippen LogP contribution in [0.25, 0.3) is 0 Å². The van der Waals surface area contributed by atoms with E-state index in [1.165, 1.54) is 0 Å². The first kappa shape index (κ1) is 10.2. The van der Waals surface area contributed by atoms with Crippen LogP contribution in [0.5, 0.6) is 11.5 Å². The lowest BCUT2D eigenvalue weighted by Crippen LogP contribution is -2.04. The van der Waals surface area contributed by atoms with Crippen molar-refractivity contribution < 1.29 is 14.4 Å². The number of nitrogens with zero attached hydrogens (tertiary/aromatic N) is 1. The Morgan fingerprint density at radius 3 is 2.73 bits per heavy atom. The van der Waals surface area contributed by atoms with Gasteiger partial charge in [-0.15, -0.1) is 0 Å². The molecule has 1 aliphatic rings. The molecule has 0 N–H and O–H groups in total. The zero-order valence-corrected chi connectivity index (χ0v) is 9.32. The summed E-state index contributed by atoms with van der Waals surface area (Å²) in [4.78, 5) is 9.92. The van der Waals surface area contributed by atoms with Gasteiger partial charge in [-0.05, 0) is 17.7 Å². The van der Waals surface area contributed by atoms with Crippen molar-refractivity contribution in [2.24, 2.45) is 0 Å². The Bertz CT molecular complexity index is 407. The van der Waals surface area contributed by atoms with E-state index in [1.807, 2.05) is 0 Å². The molecule has 15 heavy (non-hydrogen) atoms. The lowest BCUT2D eigenvalue weighted by atomic mass is 10.1. The van der Waals surface area contributed by atoms with E-state index >= 15 is 0 Å². The first-order valence-corrected chi connectivity index (χ1v) is 5.16. The van der Waals surface area contributed by atoms with Gasteiger partial charge in [0.2, 0.25) is 13.3 Å². The van der Waals surface area contributed by atoms with Crippen molar-refractivity contribution in [3.8, 4) is 11.5 Å². The number of rotatable bonds is 3. The fraction of sp³-hybridized carbons (Fsp3) is 0.333. The molecule has 0 aromatic heterocycles. The maximum atomic E-state index is 10.3. The number of hydrogen-bond donors (Lipinski definition) is 0. The van der Waals surface area contributed by atoms with Crippen LogP contribution in [0.3, 0.4) is 0 Å². The van der Waals surface area contributed by atoms with Crippen LogP contribution in [0.15, 0.2) is 16.6 Å². The van der Waals surface area contributed by atoms with Crippen molar-refractivity contribution in [2.45, 2.75) is 6.42 Å². The number of fused-ring (bicyclic) bond motifs is 1. The predicted molar refractivity (Wildman–Crippen MR) is 55.8 cm³/mol. The Balaban J connectivity index is 2.21. The van der Waals surface area contributed by atoms with Crippen molar-refractivity contribution >= 4 is 15.9 Å². The highest BCUT2D eigenvalue weighted by Gasteiger charge is 2.16. The number of ether oxygens (including phenoxy) is 2. The summed E-state index contributed by atoms with van der Waals surface area (Å²) in [7, 11) is 0. The van der Waals surface area contributed by atoms with Crippen LogP contribution >= 0.6 is 15.9 Å². The minimum Gasteiger partial charge on any atom is -0.454 e. The third-order valence-corrected chi connectivity index (χ3v) is 2.84. The molecule has 0 saturated carbocycles. The van der Waals surface area contributed by atoms with Crippen LogP contribution in [0.4, 0.5) is 0 Å². The number of benzene rings is 1. The molecule has 80 valence electrons. The summed E-state index contributed by atoms with van der Waals surface area (Å²) >= 11 is 3.34. The van der Waals surface area contributed by atoms with Gasteiger partial charge in [-0.2, -0.15) is 0 Å². The normalized spacial score (nSPS) is 12.9. The fourth-order valence-electron chi connectivity index (χ4n) is 1.36. The molecule has 1 aromatic carbocycles. The average Bonchev–Trinajstić information content (AvgIpc) is 2.60. The first-order chi connectivity index (χ1) is 7.16. The molecule has 6 heteroatoms. The topological polar surface area (TPSA) is 61.6 Å². The molecular weight excluding hydrogens is 266 g/mol. The zero-order valence-electron chi connectivity index (χ0n) is 7.73. The van der Waals surface area contributed by atoms with E-state index in [1.54, 1.807) is 12.1 Å². The van der Waals surface area contributed by atoms with E-state index in [9.17, 15) is 10.1 Å². The Hall–Kier alpha value is -1.30. The highest BCUT2D eigenvalue weighted by Crippen LogP contribution is 2.36. The van der Waals surface area contributed by atoms with Gasteiger partial charge in [0.1, 0.15) is 0 Å². The molecule has 1 heterocycles. The molecule has 1 aromatic rings. The molecule has 0 amide bonds. The largest absolute Gasteiger partial charge is 0.454 e. The Morgan fingerprint density at radius 1 is 1.40 bits per heavy atom. The van der Waals surface area contributed by atoms with E-state index in [0.29, 0.717) is 17.9 Å². The minimum absolute atomic E-state index is 0.0851. The average molecular weight is 274 g/mol. The summed E-state index contributed by atoms with van der Waals surface area (Å²) in [6.45, 7) is 0.124. The van der Waals surface area contributed by atoms with Crippen LogP contribution in [-0.4, -0.2) is 18.3 Å². The van der Waals surface area contributed by atoms with Gasteiger partial charge in [-0.25, -0.2) is 0 Å². The highest BCUT2D eigenvalue weighted by molar-refractivity contribution is 9.10. The second kappa shape index (κ2) is 4.06. The standard InChI is InChI=1S/C9H8BrNO4/c10-7-4-9-8(14-5-15-9)3-6(7)1-2-11(12)13/h3-4H,1-2,5H2. The van der Waals surface area contributed by atoms with Gasteiger partial charge in [0.15, 0.2) is 11.5 Å². The molecule has 2 rings (SSSR count). The van der Waals surface area contributed by atoms with Gasteiger partial charge in [0.05, 0.1) is 0 Å². The molecule has 0 unspecified atom stereocenters. The molecule has 0 radical (unpaired) electrons. The molecule has 0 aliphatic carbocycles. The van der Waals surface area contributed by atoms with Crippen LogP contribution in [0, 0.1) is 10.1 Å². The fourth-order valence-corrected chi connectivity index (χ4v) is 1.88. The van der Waals surface area contributed by atoms with E-state index in [-0.39, 0.29) is 18.3 Å². The van der Waals surface area contributed by atoms with Crippen molar-refractivity contribution in [3.05, 3.63) is 32.3 Å².